The summed E-state index contributed by atoms with van der Waals surface area (Å²) in [7, 11) is 0. The Bertz CT molecular complexity index is 720. The van der Waals surface area contributed by atoms with Crippen LogP contribution in [0.25, 0.3) is 0 Å². The SMILES string of the molecule is Cc1cc(Cl)cc(N2C(=O)c3ccccc3C2=O)c1O. The van der Waals surface area contributed by atoms with E-state index in [9.17, 15) is 14.7 Å². The van der Waals surface area contributed by atoms with Crippen molar-refractivity contribution in [1.82, 2.24) is 0 Å². The zero-order valence-electron chi connectivity index (χ0n) is 10.6. The number of benzene rings is 2. The average molecular weight is 288 g/mol. The first kappa shape index (κ1) is 12.7. The summed E-state index contributed by atoms with van der Waals surface area (Å²) in [6.07, 6.45) is 0. The normalized spacial score (nSPS) is 13.8. The number of anilines is 1. The lowest BCUT2D eigenvalue weighted by molar-refractivity contribution is 0.0925. The van der Waals surface area contributed by atoms with E-state index in [1.54, 1.807) is 37.3 Å². The van der Waals surface area contributed by atoms with E-state index in [2.05, 4.69) is 0 Å². The van der Waals surface area contributed by atoms with Gasteiger partial charge in [0.05, 0.1) is 16.8 Å². The van der Waals surface area contributed by atoms with Crippen LogP contribution >= 0.6 is 11.6 Å². The Balaban J connectivity index is 2.19. The van der Waals surface area contributed by atoms with E-state index in [0.29, 0.717) is 21.7 Å². The molecule has 2 amide bonds. The average Bonchev–Trinajstić information content (AvgIpc) is 2.67. The Hall–Kier alpha value is -2.33. The van der Waals surface area contributed by atoms with Crippen LogP contribution in [0.4, 0.5) is 5.69 Å². The van der Waals surface area contributed by atoms with Gasteiger partial charge in [0.25, 0.3) is 11.8 Å². The molecule has 1 aliphatic rings. The van der Waals surface area contributed by atoms with Crippen LogP contribution in [0.3, 0.4) is 0 Å². The van der Waals surface area contributed by atoms with Crippen molar-refractivity contribution in [1.29, 1.82) is 0 Å². The Labute approximate surface area is 120 Å². The molecule has 4 nitrogen and oxygen atoms in total. The molecule has 0 atom stereocenters. The van der Waals surface area contributed by atoms with E-state index in [-0.39, 0.29) is 11.4 Å². The minimum Gasteiger partial charge on any atom is -0.505 e. The Kier molecular flexibility index (Phi) is 2.76. The van der Waals surface area contributed by atoms with Crippen LogP contribution in [0.15, 0.2) is 36.4 Å². The van der Waals surface area contributed by atoms with Crippen LogP contribution in [-0.4, -0.2) is 16.9 Å². The van der Waals surface area contributed by atoms with Crippen molar-refractivity contribution in [3.8, 4) is 5.75 Å². The van der Waals surface area contributed by atoms with Gasteiger partial charge >= 0.3 is 0 Å². The maximum atomic E-state index is 12.3. The Morgan fingerprint density at radius 3 is 2.15 bits per heavy atom. The highest BCUT2D eigenvalue weighted by atomic mass is 35.5. The number of rotatable bonds is 1. The fourth-order valence-electron chi connectivity index (χ4n) is 2.30. The molecule has 100 valence electrons. The molecule has 0 bridgehead atoms. The third-order valence-electron chi connectivity index (χ3n) is 3.28. The maximum absolute atomic E-state index is 12.3. The fourth-order valence-corrected chi connectivity index (χ4v) is 2.56. The summed E-state index contributed by atoms with van der Waals surface area (Å²) in [5.74, 6) is -1.03. The minimum absolute atomic E-state index is 0.112. The molecular formula is C15H10ClNO3. The number of phenols is 1. The molecule has 2 aromatic carbocycles. The smallest absolute Gasteiger partial charge is 0.266 e. The quantitative estimate of drug-likeness (QED) is 0.820. The van der Waals surface area contributed by atoms with Gasteiger partial charge in [-0.3, -0.25) is 9.59 Å². The second kappa shape index (κ2) is 4.35. The highest BCUT2D eigenvalue weighted by molar-refractivity contribution is 6.36. The van der Waals surface area contributed by atoms with Gasteiger partial charge in [-0.2, -0.15) is 0 Å². The number of aryl methyl sites for hydroxylation is 1. The molecule has 2 aromatic rings. The number of nitrogens with zero attached hydrogens (tertiary/aromatic N) is 1. The van der Waals surface area contributed by atoms with E-state index < -0.39 is 11.8 Å². The van der Waals surface area contributed by atoms with E-state index in [4.69, 9.17) is 11.6 Å². The number of hydrogen-bond donors (Lipinski definition) is 1. The standard InChI is InChI=1S/C15H10ClNO3/c1-8-6-9(16)7-12(13(8)18)17-14(19)10-4-2-3-5-11(10)15(17)20/h2-7,18H,1H3. The molecule has 0 aliphatic carbocycles. The molecule has 0 unspecified atom stereocenters. The summed E-state index contributed by atoms with van der Waals surface area (Å²) in [5, 5.41) is 10.4. The molecule has 0 radical (unpaired) electrons. The zero-order chi connectivity index (χ0) is 14.4. The van der Waals surface area contributed by atoms with Crippen molar-refractivity contribution >= 4 is 29.1 Å². The van der Waals surface area contributed by atoms with Gasteiger partial charge in [0.1, 0.15) is 5.75 Å². The Morgan fingerprint density at radius 1 is 1.05 bits per heavy atom. The fraction of sp³-hybridized carbons (Fsp3) is 0.0667. The second-order valence-corrected chi connectivity index (χ2v) is 5.02. The molecule has 20 heavy (non-hydrogen) atoms. The summed E-state index contributed by atoms with van der Waals surface area (Å²) < 4.78 is 0. The third kappa shape index (κ3) is 1.69. The summed E-state index contributed by atoms with van der Waals surface area (Å²) >= 11 is 5.95. The van der Waals surface area contributed by atoms with Crippen molar-refractivity contribution in [2.45, 2.75) is 6.92 Å². The van der Waals surface area contributed by atoms with Gasteiger partial charge < -0.3 is 5.11 Å². The number of phenolic OH excluding ortho intramolecular Hbond substituents is 1. The monoisotopic (exact) mass is 287 g/mol. The van der Waals surface area contributed by atoms with Gasteiger partial charge in [-0.1, -0.05) is 23.7 Å². The number of carbonyl (C=O) groups excluding carboxylic acids is 2. The lowest BCUT2D eigenvalue weighted by Crippen LogP contribution is -2.29. The second-order valence-electron chi connectivity index (χ2n) is 4.58. The number of carbonyl (C=O) groups is 2. The number of amides is 2. The van der Waals surface area contributed by atoms with Crippen LogP contribution in [-0.2, 0) is 0 Å². The van der Waals surface area contributed by atoms with E-state index in [1.165, 1.54) is 6.07 Å². The summed E-state index contributed by atoms with van der Waals surface area (Å²) in [5.41, 5.74) is 1.27. The molecule has 0 saturated heterocycles. The van der Waals surface area contributed by atoms with Crippen molar-refractivity contribution in [2.24, 2.45) is 0 Å². The van der Waals surface area contributed by atoms with Gasteiger partial charge in [0.15, 0.2) is 0 Å². The summed E-state index contributed by atoms with van der Waals surface area (Å²) in [6, 6.07) is 9.53. The first-order valence-corrected chi connectivity index (χ1v) is 6.35. The third-order valence-corrected chi connectivity index (χ3v) is 3.50. The lowest BCUT2D eigenvalue weighted by atomic mass is 10.1. The maximum Gasteiger partial charge on any atom is 0.266 e. The van der Waals surface area contributed by atoms with Gasteiger partial charge in [0, 0.05) is 5.02 Å². The Morgan fingerprint density at radius 2 is 1.60 bits per heavy atom. The highest BCUT2D eigenvalue weighted by Crippen LogP contribution is 2.38. The van der Waals surface area contributed by atoms with Crippen molar-refractivity contribution in [2.75, 3.05) is 4.90 Å². The van der Waals surface area contributed by atoms with Crippen LogP contribution in [0.2, 0.25) is 5.02 Å². The molecule has 0 fully saturated rings. The predicted octanol–water partition coefficient (Wildman–Crippen LogP) is 3.15. The van der Waals surface area contributed by atoms with Gasteiger partial charge in [0.2, 0.25) is 0 Å². The topological polar surface area (TPSA) is 57.6 Å². The molecule has 3 rings (SSSR count). The predicted molar refractivity (Wildman–Crippen MR) is 75.4 cm³/mol. The first-order chi connectivity index (χ1) is 9.50. The van der Waals surface area contributed by atoms with Gasteiger partial charge in [-0.25, -0.2) is 4.90 Å². The van der Waals surface area contributed by atoms with E-state index in [1.807, 2.05) is 0 Å². The first-order valence-electron chi connectivity index (χ1n) is 5.97. The number of halogens is 1. The van der Waals surface area contributed by atoms with Crippen molar-refractivity contribution in [3.05, 3.63) is 58.1 Å². The van der Waals surface area contributed by atoms with E-state index in [0.717, 1.165) is 4.90 Å². The molecule has 1 heterocycles. The molecule has 1 aliphatic heterocycles. The van der Waals surface area contributed by atoms with Crippen LogP contribution in [0.1, 0.15) is 26.3 Å². The molecule has 0 aromatic heterocycles. The number of imide groups is 1. The largest absolute Gasteiger partial charge is 0.505 e. The number of hydrogen-bond acceptors (Lipinski definition) is 3. The van der Waals surface area contributed by atoms with Crippen LogP contribution in [0, 0.1) is 6.92 Å². The zero-order valence-corrected chi connectivity index (χ0v) is 11.3. The van der Waals surface area contributed by atoms with Crippen molar-refractivity contribution < 1.29 is 14.7 Å². The molecule has 1 N–H and O–H groups in total. The van der Waals surface area contributed by atoms with Gasteiger partial charge in [-0.15, -0.1) is 0 Å². The van der Waals surface area contributed by atoms with Crippen LogP contribution < -0.4 is 4.90 Å². The highest BCUT2D eigenvalue weighted by Gasteiger charge is 2.37. The van der Waals surface area contributed by atoms with Gasteiger partial charge in [-0.05, 0) is 36.8 Å². The number of aromatic hydroxyl groups is 1. The molecule has 0 spiro atoms. The number of fused-ring (bicyclic) bond motifs is 1. The molecular weight excluding hydrogens is 278 g/mol. The lowest BCUT2D eigenvalue weighted by Gasteiger charge is -2.17. The van der Waals surface area contributed by atoms with Crippen LogP contribution in [0.5, 0.6) is 5.75 Å². The minimum atomic E-state index is -0.456. The summed E-state index contributed by atoms with van der Waals surface area (Å²) in [4.78, 5) is 25.6. The molecule has 5 heteroatoms. The summed E-state index contributed by atoms with van der Waals surface area (Å²) in [6.45, 7) is 1.66. The molecule has 0 saturated carbocycles. The van der Waals surface area contributed by atoms with Crippen molar-refractivity contribution in [3.63, 3.8) is 0 Å². The van der Waals surface area contributed by atoms with E-state index >= 15 is 0 Å².